The summed E-state index contributed by atoms with van der Waals surface area (Å²) in [5.41, 5.74) is 5.31. The predicted octanol–water partition coefficient (Wildman–Crippen LogP) is 9.73. The number of ether oxygens (including phenoxy) is 2. The van der Waals surface area contributed by atoms with Gasteiger partial charge in [-0.2, -0.15) is 0 Å². The summed E-state index contributed by atoms with van der Waals surface area (Å²) in [4.78, 5) is 45.7. The van der Waals surface area contributed by atoms with Crippen LogP contribution in [-0.2, 0) is 37.5 Å². The van der Waals surface area contributed by atoms with Gasteiger partial charge in [-0.3, -0.25) is 23.4 Å². The largest absolute Gasteiger partial charge is 0.480 e. The van der Waals surface area contributed by atoms with Crippen LogP contribution < -0.4 is 5.73 Å². The molecule has 0 aromatic carbocycles. The molecule has 0 aliphatic rings. The van der Waals surface area contributed by atoms with Crippen LogP contribution in [0.1, 0.15) is 181 Å². The number of carbonyl (C=O) groups is 3. The first-order valence-electron chi connectivity index (χ1n) is 19.7. The van der Waals surface area contributed by atoms with Crippen LogP contribution in [0.2, 0.25) is 0 Å². The van der Waals surface area contributed by atoms with Crippen molar-refractivity contribution in [1.29, 1.82) is 0 Å². The number of phosphoric ester groups is 1. The fraction of sp³-hybridized carbons (Fsp3) is 0.868. The third-order valence-electron chi connectivity index (χ3n) is 8.51. The zero-order valence-electron chi connectivity index (χ0n) is 31.5. The second kappa shape index (κ2) is 34.3. The van der Waals surface area contributed by atoms with Crippen molar-refractivity contribution < 1.29 is 47.5 Å². The maximum atomic E-state index is 12.6. The Morgan fingerprint density at radius 3 is 1.46 bits per heavy atom. The second-order valence-corrected chi connectivity index (χ2v) is 14.9. The molecule has 0 bridgehead atoms. The summed E-state index contributed by atoms with van der Waals surface area (Å²) < 4.78 is 32.6. The number of allylic oxidation sites excluding steroid dienone is 2. The standard InChI is InChI=1S/C38H72NO10P/c1-3-5-7-9-11-13-15-16-17-18-20-22-24-26-28-30-37(41)49-34(32-47-50(44,45)48-33-35(39)38(42)43)31-46-36(40)29-27-25-23-21-19-14-12-10-8-6-4-2/h16-17,34-35H,3-15,18-33,39H2,1-2H3,(H,42,43)(H,44,45)/b17-16+/t34-,35+/m1/s1. The summed E-state index contributed by atoms with van der Waals surface area (Å²) in [6, 6.07) is -1.52. The van der Waals surface area contributed by atoms with Gasteiger partial charge < -0.3 is 25.2 Å². The van der Waals surface area contributed by atoms with E-state index in [9.17, 15) is 23.8 Å². The maximum Gasteiger partial charge on any atom is 0.472 e. The van der Waals surface area contributed by atoms with Crippen molar-refractivity contribution >= 4 is 25.7 Å². The number of rotatable bonds is 37. The van der Waals surface area contributed by atoms with Crippen LogP contribution in [0.3, 0.4) is 0 Å². The van der Waals surface area contributed by atoms with Crippen LogP contribution in [0, 0.1) is 0 Å². The zero-order chi connectivity index (χ0) is 37.1. The monoisotopic (exact) mass is 733 g/mol. The summed E-state index contributed by atoms with van der Waals surface area (Å²) >= 11 is 0. The normalized spacial score (nSPS) is 14.0. The van der Waals surface area contributed by atoms with E-state index in [0.717, 1.165) is 57.8 Å². The summed E-state index contributed by atoms with van der Waals surface area (Å²) in [5.74, 6) is -2.38. The van der Waals surface area contributed by atoms with E-state index in [2.05, 4.69) is 30.5 Å². The number of hydrogen-bond acceptors (Lipinski definition) is 9. The number of hydrogen-bond donors (Lipinski definition) is 3. The first-order chi connectivity index (χ1) is 24.1. The summed E-state index contributed by atoms with van der Waals surface area (Å²) in [6.07, 6.45) is 31.4. The molecular weight excluding hydrogens is 661 g/mol. The number of aliphatic carboxylic acids is 1. The third-order valence-corrected chi connectivity index (χ3v) is 9.46. The molecule has 0 spiro atoms. The van der Waals surface area contributed by atoms with E-state index >= 15 is 0 Å². The number of esters is 2. The minimum absolute atomic E-state index is 0.155. The van der Waals surface area contributed by atoms with E-state index in [1.165, 1.54) is 83.5 Å². The lowest BCUT2D eigenvalue weighted by Gasteiger charge is -2.20. The summed E-state index contributed by atoms with van der Waals surface area (Å²) in [7, 11) is -4.71. The Morgan fingerprint density at radius 1 is 0.600 bits per heavy atom. The highest BCUT2D eigenvalue weighted by Crippen LogP contribution is 2.43. The molecule has 3 atom stereocenters. The van der Waals surface area contributed by atoms with Crippen LogP contribution in [0.4, 0.5) is 0 Å². The maximum absolute atomic E-state index is 12.6. The first kappa shape index (κ1) is 48.2. The lowest BCUT2D eigenvalue weighted by atomic mass is 10.1. The zero-order valence-corrected chi connectivity index (χ0v) is 32.4. The smallest absolute Gasteiger partial charge is 0.472 e. The second-order valence-electron chi connectivity index (χ2n) is 13.4. The molecule has 50 heavy (non-hydrogen) atoms. The van der Waals surface area contributed by atoms with Gasteiger partial charge in [-0.25, -0.2) is 4.57 Å². The molecule has 294 valence electrons. The van der Waals surface area contributed by atoms with Gasteiger partial charge in [-0.15, -0.1) is 0 Å². The molecule has 0 radical (unpaired) electrons. The van der Waals surface area contributed by atoms with E-state index in [4.69, 9.17) is 24.8 Å². The van der Waals surface area contributed by atoms with Gasteiger partial charge in [0, 0.05) is 12.8 Å². The number of carboxylic acids is 1. The Morgan fingerprint density at radius 2 is 1.00 bits per heavy atom. The molecular formula is C38H72NO10P. The Bertz CT molecular complexity index is 916. The van der Waals surface area contributed by atoms with Gasteiger partial charge in [0.25, 0.3) is 0 Å². The molecule has 0 amide bonds. The van der Waals surface area contributed by atoms with Crippen LogP contribution in [0.15, 0.2) is 12.2 Å². The van der Waals surface area contributed by atoms with E-state index in [0.29, 0.717) is 12.8 Å². The molecule has 0 saturated heterocycles. The summed E-state index contributed by atoms with van der Waals surface area (Å²) in [6.45, 7) is 2.77. The van der Waals surface area contributed by atoms with Crippen molar-refractivity contribution in [2.45, 2.75) is 193 Å². The SMILES string of the molecule is CCCCCCCC/C=C/CCCCCCCC(=O)O[C@H](COC(=O)CCCCCCCCCCCCC)COP(=O)(O)OC[C@H](N)C(=O)O. The van der Waals surface area contributed by atoms with Crippen LogP contribution >= 0.6 is 7.82 Å². The molecule has 4 N–H and O–H groups in total. The van der Waals surface area contributed by atoms with Gasteiger partial charge in [0.2, 0.25) is 0 Å². The highest BCUT2D eigenvalue weighted by atomic mass is 31.2. The van der Waals surface area contributed by atoms with Crippen LogP contribution in [-0.4, -0.2) is 59.9 Å². The number of phosphoric acid groups is 1. The number of carboxylic acid groups (broad SMARTS) is 1. The molecule has 0 aliphatic carbocycles. The molecule has 1 unspecified atom stereocenters. The molecule has 0 fully saturated rings. The van der Waals surface area contributed by atoms with Crippen LogP contribution in [0.25, 0.3) is 0 Å². The fourth-order valence-corrected chi connectivity index (χ4v) is 6.13. The fourth-order valence-electron chi connectivity index (χ4n) is 5.35. The molecule has 0 rings (SSSR count). The topological polar surface area (TPSA) is 172 Å². The Labute approximate surface area is 303 Å². The third kappa shape index (κ3) is 33.4. The van der Waals surface area contributed by atoms with E-state index in [1.807, 2.05) is 0 Å². The van der Waals surface area contributed by atoms with Gasteiger partial charge in [-0.05, 0) is 38.5 Å². The molecule has 0 aliphatic heterocycles. The minimum atomic E-state index is -4.71. The molecule has 0 aromatic heterocycles. The first-order valence-corrected chi connectivity index (χ1v) is 21.2. The minimum Gasteiger partial charge on any atom is -0.480 e. The lowest BCUT2D eigenvalue weighted by Crippen LogP contribution is -2.34. The molecule has 0 heterocycles. The molecule has 0 aromatic rings. The van der Waals surface area contributed by atoms with Gasteiger partial charge in [0.05, 0.1) is 13.2 Å². The van der Waals surface area contributed by atoms with E-state index in [-0.39, 0.29) is 19.4 Å². The van der Waals surface area contributed by atoms with Gasteiger partial charge in [-0.1, -0.05) is 142 Å². The highest BCUT2D eigenvalue weighted by Gasteiger charge is 2.28. The van der Waals surface area contributed by atoms with Gasteiger partial charge in [0.1, 0.15) is 12.6 Å². The van der Waals surface area contributed by atoms with Crippen molar-refractivity contribution in [3.63, 3.8) is 0 Å². The quantitative estimate of drug-likeness (QED) is 0.0240. The van der Waals surface area contributed by atoms with E-state index in [1.54, 1.807) is 0 Å². The van der Waals surface area contributed by atoms with Crippen molar-refractivity contribution in [1.82, 2.24) is 0 Å². The predicted molar refractivity (Wildman–Crippen MR) is 199 cm³/mol. The average molecular weight is 734 g/mol. The average Bonchev–Trinajstić information content (AvgIpc) is 3.09. The van der Waals surface area contributed by atoms with Crippen molar-refractivity contribution in [2.75, 3.05) is 19.8 Å². The van der Waals surface area contributed by atoms with Crippen molar-refractivity contribution in [3.05, 3.63) is 12.2 Å². The molecule has 11 nitrogen and oxygen atoms in total. The number of unbranched alkanes of at least 4 members (excludes halogenated alkanes) is 21. The molecule has 12 heteroatoms. The van der Waals surface area contributed by atoms with Gasteiger partial charge >= 0.3 is 25.7 Å². The van der Waals surface area contributed by atoms with Crippen molar-refractivity contribution in [2.24, 2.45) is 5.73 Å². The van der Waals surface area contributed by atoms with Crippen molar-refractivity contribution in [3.8, 4) is 0 Å². The Hall–Kier alpha value is -1.78. The number of nitrogens with two attached hydrogens (primary N) is 1. The Kier molecular flexibility index (Phi) is 33.1. The lowest BCUT2D eigenvalue weighted by molar-refractivity contribution is -0.161. The van der Waals surface area contributed by atoms with E-state index < -0.39 is 51.1 Å². The summed E-state index contributed by atoms with van der Waals surface area (Å²) in [5, 5.41) is 8.86. The molecule has 0 saturated carbocycles. The Balaban J connectivity index is 4.42. The van der Waals surface area contributed by atoms with Crippen LogP contribution in [0.5, 0.6) is 0 Å². The number of carbonyl (C=O) groups excluding carboxylic acids is 2. The highest BCUT2D eigenvalue weighted by molar-refractivity contribution is 7.47. The van der Waals surface area contributed by atoms with Gasteiger partial charge in [0.15, 0.2) is 6.10 Å².